The smallest absolute Gasteiger partial charge is 0.119 e. The lowest BCUT2D eigenvalue weighted by Crippen LogP contribution is -2.05. The highest BCUT2D eigenvalue weighted by Gasteiger charge is 2.16. The maximum atomic E-state index is 5.89. The lowest BCUT2D eigenvalue weighted by Gasteiger charge is -2.10. The van der Waals surface area contributed by atoms with E-state index in [4.69, 9.17) is 16.3 Å². The molecule has 0 aliphatic heterocycles. The minimum atomic E-state index is 0.316. The minimum absolute atomic E-state index is 0.316. The first kappa shape index (κ1) is 12.9. The molecular weight excluding hydrogens is 250 g/mol. The number of hydrogen-bond acceptors (Lipinski definition) is 3. The van der Waals surface area contributed by atoms with Gasteiger partial charge in [0.15, 0.2) is 0 Å². The van der Waals surface area contributed by atoms with Gasteiger partial charge in [-0.1, -0.05) is 19.1 Å². The number of benzene rings is 1. The van der Waals surface area contributed by atoms with Crippen LogP contribution in [0.5, 0.6) is 5.75 Å². The SMILES string of the molecule is COc1ccc(-n2nnc(CCl)c2C(C)C)cc1. The first-order chi connectivity index (χ1) is 8.67. The van der Waals surface area contributed by atoms with Crippen molar-refractivity contribution in [2.75, 3.05) is 7.11 Å². The largest absolute Gasteiger partial charge is 0.497 e. The predicted molar refractivity (Wildman–Crippen MR) is 71.6 cm³/mol. The third kappa shape index (κ3) is 2.34. The first-order valence-electron chi connectivity index (χ1n) is 5.82. The molecule has 1 aromatic heterocycles. The van der Waals surface area contributed by atoms with Crippen LogP contribution < -0.4 is 4.74 Å². The van der Waals surface area contributed by atoms with Crippen molar-refractivity contribution in [1.82, 2.24) is 15.0 Å². The molecule has 1 aromatic carbocycles. The molecule has 0 fully saturated rings. The monoisotopic (exact) mass is 265 g/mol. The Morgan fingerprint density at radius 1 is 1.28 bits per heavy atom. The Morgan fingerprint density at radius 2 is 1.94 bits per heavy atom. The molecule has 0 saturated carbocycles. The van der Waals surface area contributed by atoms with Gasteiger partial charge >= 0.3 is 0 Å². The van der Waals surface area contributed by atoms with Crippen LogP contribution in [0.15, 0.2) is 24.3 Å². The molecule has 96 valence electrons. The van der Waals surface area contributed by atoms with Gasteiger partial charge in [0, 0.05) is 0 Å². The summed E-state index contributed by atoms with van der Waals surface area (Å²) < 4.78 is 6.98. The van der Waals surface area contributed by atoms with Crippen LogP contribution in [-0.4, -0.2) is 22.1 Å². The highest BCUT2D eigenvalue weighted by Crippen LogP contribution is 2.23. The zero-order chi connectivity index (χ0) is 13.1. The lowest BCUT2D eigenvalue weighted by atomic mass is 10.1. The number of alkyl halides is 1. The van der Waals surface area contributed by atoms with Crippen molar-refractivity contribution in [3.63, 3.8) is 0 Å². The number of methoxy groups -OCH3 is 1. The molecule has 0 spiro atoms. The van der Waals surface area contributed by atoms with Gasteiger partial charge in [-0.2, -0.15) is 0 Å². The number of nitrogens with zero attached hydrogens (tertiary/aromatic N) is 3. The van der Waals surface area contributed by atoms with Gasteiger partial charge in [-0.15, -0.1) is 16.7 Å². The van der Waals surface area contributed by atoms with Crippen LogP contribution in [0.4, 0.5) is 0 Å². The molecule has 0 aliphatic carbocycles. The summed E-state index contributed by atoms with van der Waals surface area (Å²) in [6.07, 6.45) is 0. The highest BCUT2D eigenvalue weighted by atomic mass is 35.5. The van der Waals surface area contributed by atoms with Gasteiger partial charge in [-0.25, -0.2) is 4.68 Å². The van der Waals surface area contributed by atoms with E-state index >= 15 is 0 Å². The Kier molecular flexibility index (Phi) is 3.87. The van der Waals surface area contributed by atoms with Crippen molar-refractivity contribution < 1.29 is 4.74 Å². The summed E-state index contributed by atoms with van der Waals surface area (Å²) in [6.45, 7) is 4.21. The second-order valence-corrected chi connectivity index (χ2v) is 4.59. The number of hydrogen-bond donors (Lipinski definition) is 0. The Hall–Kier alpha value is -1.55. The van der Waals surface area contributed by atoms with Crippen molar-refractivity contribution in [2.45, 2.75) is 25.6 Å². The fraction of sp³-hybridized carbons (Fsp3) is 0.385. The van der Waals surface area contributed by atoms with Crippen LogP contribution in [-0.2, 0) is 5.88 Å². The summed E-state index contributed by atoms with van der Waals surface area (Å²) in [5.41, 5.74) is 2.85. The molecule has 5 heteroatoms. The third-order valence-corrected chi connectivity index (χ3v) is 3.02. The van der Waals surface area contributed by atoms with E-state index < -0.39 is 0 Å². The minimum Gasteiger partial charge on any atom is -0.497 e. The number of rotatable bonds is 4. The van der Waals surface area contributed by atoms with E-state index in [1.807, 2.05) is 28.9 Å². The first-order valence-corrected chi connectivity index (χ1v) is 6.35. The zero-order valence-electron chi connectivity index (χ0n) is 10.7. The average Bonchev–Trinajstić information content (AvgIpc) is 2.82. The van der Waals surface area contributed by atoms with Gasteiger partial charge in [0.25, 0.3) is 0 Å². The maximum absolute atomic E-state index is 5.89. The molecule has 0 radical (unpaired) electrons. The Labute approximate surface area is 112 Å². The molecule has 0 saturated heterocycles. The van der Waals surface area contributed by atoms with Gasteiger partial charge in [-0.3, -0.25) is 0 Å². The van der Waals surface area contributed by atoms with Crippen molar-refractivity contribution in [1.29, 1.82) is 0 Å². The second kappa shape index (κ2) is 5.40. The van der Waals surface area contributed by atoms with Crippen LogP contribution in [0.25, 0.3) is 5.69 Å². The summed E-state index contributed by atoms with van der Waals surface area (Å²) in [5, 5.41) is 8.30. The highest BCUT2D eigenvalue weighted by molar-refractivity contribution is 6.16. The molecule has 0 aliphatic rings. The molecular formula is C13H16ClN3O. The fourth-order valence-corrected chi connectivity index (χ4v) is 2.10. The van der Waals surface area contributed by atoms with E-state index in [2.05, 4.69) is 24.2 Å². The van der Waals surface area contributed by atoms with Gasteiger partial charge in [0.05, 0.1) is 24.4 Å². The van der Waals surface area contributed by atoms with Crippen LogP contribution in [0, 0.1) is 0 Å². The van der Waals surface area contributed by atoms with E-state index in [1.54, 1.807) is 7.11 Å². The Morgan fingerprint density at radius 3 is 2.44 bits per heavy atom. The van der Waals surface area contributed by atoms with E-state index in [0.29, 0.717) is 11.8 Å². The topological polar surface area (TPSA) is 39.9 Å². The van der Waals surface area contributed by atoms with Crippen molar-refractivity contribution in [3.8, 4) is 11.4 Å². The lowest BCUT2D eigenvalue weighted by molar-refractivity contribution is 0.414. The molecule has 2 rings (SSSR count). The van der Waals surface area contributed by atoms with Crippen molar-refractivity contribution in [2.24, 2.45) is 0 Å². The van der Waals surface area contributed by atoms with Gasteiger partial charge in [0.1, 0.15) is 11.4 Å². The zero-order valence-corrected chi connectivity index (χ0v) is 11.5. The third-order valence-electron chi connectivity index (χ3n) is 2.77. The molecule has 0 amide bonds. The van der Waals surface area contributed by atoms with E-state index in [-0.39, 0.29) is 0 Å². The summed E-state index contributed by atoms with van der Waals surface area (Å²) in [4.78, 5) is 0. The summed E-state index contributed by atoms with van der Waals surface area (Å²) in [5.74, 6) is 1.52. The Balaban J connectivity index is 2.46. The number of halogens is 1. The van der Waals surface area contributed by atoms with Crippen molar-refractivity contribution >= 4 is 11.6 Å². The van der Waals surface area contributed by atoms with Crippen LogP contribution in [0.3, 0.4) is 0 Å². The molecule has 0 N–H and O–H groups in total. The maximum Gasteiger partial charge on any atom is 0.119 e. The molecule has 0 unspecified atom stereocenters. The fourth-order valence-electron chi connectivity index (χ4n) is 1.91. The molecule has 0 atom stereocenters. The summed E-state index contributed by atoms with van der Waals surface area (Å²) >= 11 is 5.89. The molecule has 4 nitrogen and oxygen atoms in total. The van der Waals surface area contributed by atoms with E-state index in [1.165, 1.54) is 0 Å². The quantitative estimate of drug-likeness (QED) is 0.798. The molecule has 18 heavy (non-hydrogen) atoms. The van der Waals surface area contributed by atoms with Crippen LogP contribution in [0.2, 0.25) is 0 Å². The van der Waals surface area contributed by atoms with E-state index in [9.17, 15) is 0 Å². The normalized spacial score (nSPS) is 10.9. The standard InChI is InChI=1S/C13H16ClN3O/c1-9(2)13-12(8-14)15-16-17(13)10-4-6-11(18-3)7-5-10/h4-7,9H,8H2,1-3H3. The van der Waals surface area contributed by atoms with Crippen molar-refractivity contribution in [3.05, 3.63) is 35.7 Å². The second-order valence-electron chi connectivity index (χ2n) is 4.32. The number of aromatic nitrogens is 3. The van der Waals surface area contributed by atoms with Crippen LogP contribution >= 0.6 is 11.6 Å². The summed E-state index contributed by atoms with van der Waals surface area (Å²) in [6, 6.07) is 7.72. The summed E-state index contributed by atoms with van der Waals surface area (Å²) in [7, 11) is 1.65. The van der Waals surface area contributed by atoms with Crippen LogP contribution in [0.1, 0.15) is 31.2 Å². The van der Waals surface area contributed by atoms with Gasteiger partial charge < -0.3 is 4.74 Å². The molecule has 1 heterocycles. The van der Waals surface area contributed by atoms with Gasteiger partial charge in [0.2, 0.25) is 0 Å². The van der Waals surface area contributed by atoms with Gasteiger partial charge in [-0.05, 0) is 30.2 Å². The predicted octanol–water partition coefficient (Wildman–Crippen LogP) is 3.14. The average molecular weight is 266 g/mol. The number of ether oxygens (including phenoxy) is 1. The molecule has 2 aromatic rings. The Bertz CT molecular complexity index is 520. The molecule has 0 bridgehead atoms. The van der Waals surface area contributed by atoms with E-state index in [0.717, 1.165) is 22.8 Å².